The lowest BCUT2D eigenvalue weighted by molar-refractivity contribution is 0.0663. The van der Waals surface area contributed by atoms with E-state index < -0.39 is 6.04 Å². The van der Waals surface area contributed by atoms with Gasteiger partial charge in [0, 0.05) is 13.7 Å². The van der Waals surface area contributed by atoms with Crippen molar-refractivity contribution in [2.24, 2.45) is 0 Å². The summed E-state index contributed by atoms with van der Waals surface area (Å²) in [5, 5.41) is 1.21. The molecule has 0 spiro atoms. The van der Waals surface area contributed by atoms with Gasteiger partial charge in [0.2, 0.25) is 5.76 Å². The number of aryl methyl sites for hydroxylation is 2. The van der Waals surface area contributed by atoms with Crippen molar-refractivity contribution in [2.75, 3.05) is 20.3 Å². The van der Waals surface area contributed by atoms with Crippen molar-refractivity contribution in [3.63, 3.8) is 0 Å². The molecule has 150 valence electrons. The number of halogens is 2. The van der Waals surface area contributed by atoms with Crippen LogP contribution in [-0.2, 0) is 4.74 Å². The fourth-order valence-electron chi connectivity index (χ4n) is 3.72. The van der Waals surface area contributed by atoms with E-state index in [0.717, 1.165) is 11.1 Å². The third-order valence-corrected chi connectivity index (χ3v) is 6.12. The van der Waals surface area contributed by atoms with E-state index in [1.54, 1.807) is 36.3 Å². The minimum Gasteiger partial charge on any atom is -0.450 e. The molecule has 4 rings (SSSR count). The van der Waals surface area contributed by atoms with Gasteiger partial charge in [-0.2, -0.15) is 0 Å². The number of hydrogen-bond acceptors (Lipinski definition) is 4. The van der Waals surface area contributed by atoms with Gasteiger partial charge in [0.05, 0.1) is 33.6 Å². The minimum atomic E-state index is -0.621. The van der Waals surface area contributed by atoms with Crippen molar-refractivity contribution in [1.82, 2.24) is 4.90 Å². The minimum absolute atomic E-state index is 0.0675. The molecule has 5 nitrogen and oxygen atoms in total. The molecule has 7 heteroatoms. The van der Waals surface area contributed by atoms with Gasteiger partial charge in [0.1, 0.15) is 5.58 Å². The predicted octanol–water partition coefficient (Wildman–Crippen LogP) is 4.91. The van der Waals surface area contributed by atoms with Gasteiger partial charge in [0.25, 0.3) is 5.91 Å². The summed E-state index contributed by atoms with van der Waals surface area (Å²) in [4.78, 5) is 28.2. The standard InChI is InChI=1S/C22H19Cl2NO4/c1-11-8-14-17(9-12(11)2)29-21-18(20(14)26)19(25(22(21)27)6-7-28-3)13-4-5-15(23)16(24)10-13/h4-5,8-10,19H,6-7H2,1-3H3. The van der Waals surface area contributed by atoms with E-state index in [4.69, 9.17) is 32.4 Å². The number of methoxy groups -OCH3 is 1. The Morgan fingerprint density at radius 2 is 1.79 bits per heavy atom. The van der Waals surface area contributed by atoms with Crippen LogP contribution in [0.25, 0.3) is 11.0 Å². The van der Waals surface area contributed by atoms with Crippen LogP contribution in [0.15, 0.2) is 39.5 Å². The highest BCUT2D eigenvalue weighted by Gasteiger charge is 2.42. The first-order chi connectivity index (χ1) is 13.8. The molecule has 0 fully saturated rings. The molecule has 0 radical (unpaired) electrons. The number of ether oxygens (including phenoxy) is 1. The number of rotatable bonds is 4. The Morgan fingerprint density at radius 3 is 2.48 bits per heavy atom. The number of fused-ring (bicyclic) bond motifs is 2. The summed E-state index contributed by atoms with van der Waals surface area (Å²) in [5.74, 6) is -0.275. The summed E-state index contributed by atoms with van der Waals surface area (Å²) in [6.07, 6.45) is 0. The van der Waals surface area contributed by atoms with Crippen LogP contribution in [0.4, 0.5) is 0 Å². The second kappa shape index (κ2) is 7.48. The Balaban J connectivity index is 1.99. The number of benzene rings is 2. The van der Waals surface area contributed by atoms with Gasteiger partial charge in [-0.25, -0.2) is 0 Å². The maximum atomic E-state index is 13.5. The Bertz CT molecular complexity index is 1200. The summed E-state index contributed by atoms with van der Waals surface area (Å²) in [7, 11) is 1.56. The van der Waals surface area contributed by atoms with Gasteiger partial charge in [-0.1, -0.05) is 29.3 Å². The van der Waals surface area contributed by atoms with E-state index in [1.165, 1.54) is 0 Å². The van der Waals surface area contributed by atoms with Crippen molar-refractivity contribution in [3.05, 3.63) is 78.6 Å². The molecule has 1 unspecified atom stereocenters. The third kappa shape index (κ3) is 3.23. The zero-order chi connectivity index (χ0) is 20.9. The molecule has 1 amide bonds. The zero-order valence-electron chi connectivity index (χ0n) is 16.2. The monoisotopic (exact) mass is 431 g/mol. The Morgan fingerprint density at radius 1 is 1.07 bits per heavy atom. The molecule has 1 aliphatic heterocycles. The van der Waals surface area contributed by atoms with E-state index in [-0.39, 0.29) is 17.1 Å². The fraction of sp³-hybridized carbons (Fsp3) is 0.273. The van der Waals surface area contributed by atoms with E-state index >= 15 is 0 Å². The van der Waals surface area contributed by atoms with Crippen LogP contribution in [-0.4, -0.2) is 31.1 Å². The largest absolute Gasteiger partial charge is 0.450 e. The summed E-state index contributed by atoms with van der Waals surface area (Å²) < 4.78 is 11.1. The molecule has 1 atom stereocenters. The molecule has 0 saturated carbocycles. The Hall–Kier alpha value is -2.34. The number of hydrogen-bond donors (Lipinski definition) is 0. The second-order valence-corrected chi connectivity index (χ2v) is 7.99. The average molecular weight is 432 g/mol. The topological polar surface area (TPSA) is 59.8 Å². The highest BCUT2D eigenvalue weighted by Crippen LogP contribution is 2.39. The molecule has 3 aromatic rings. The Kier molecular flexibility index (Phi) is 5.15. The SMILES string of the molecule is COCCN1C(=O)c2oc3cc(C)c(C)cc3c(=O)c2C1c1ccc(Cl)c(Cl)c1. The molecule has 0 saturated heterocycles. The van der Waals surface area contributed by atoms with Gasteiger partial charge in [-0.15, -0.1) is 0 Å². The summed E-state index contributed by atoms with van der Waals surface area (Å²) in [6.45, 7) is 4.50. The fourth-order valence-corrected chi connectivity index (χ4v) is 4.03. The highest BCUT2D eigenvalue weighted by molar-refractivity contribution is 6.42. The number of carbonyl (C=O) groups excluding carboxylic acids is 1. The van der Waals surface area contributed by atoms with Crippen LogP contribution in [0.5, 0.6) is 0 Å². The first-order valence-electron chi connectivity index (χ1n) is 9.16. The van der Waals surface area contributed by atoms with Crippen molar-refractivity contribution in [2.45, 2.75) is 19.9 Å². The zero-order valence-corrected chi connectivity index (χ0v) is 17.7. The maximum Gasteiger partial charge on any atom is 0.290 e. The second-order valence-electron chi connectivity index (χ2n) is 7.17. The van der Waals surface area contributed by atoms with Gasteiger partial charge < -0.3 is 14.1 Å². The van der Waals surface area contributed by atoms with E-state index in [0.29, 0.717) is 45.3 Å². The van der Waals surface area contributed by atoms with Crippen LogP contribution in [0.2, 0.25) is 10.0 Å². The molecular formula is C22H19Cl2NO4. The van der Waals surface area contributed by atoms with E-state index in [1.807, 2.05) is 19.9 Å². The van der Waals surface area contributed by atoms with Crippen molar-refractivity contribution >= 4 is 40.1 Å². The van der Waals surface area contributed by atoms with Gasteiger partial charge >= 0.3 is 0 Å². The lowest BCUT2D eigenvalue weighted by atomic mass is 9.97. The molecule has 29 heavy (non-hydrogen) atoms. The number of nitrogens with zero attached hydrogens (tertiary/aromatic N) is 1. The summed E-state index contributed by atoms with van der Waals surface area (Å²) in [6, 6.07) is 8.10. The maximum absolute atomic E-state index is 13.5. The van der Waals surface area contributed by atoms with Crippen LogP contribution >= 0.6 is 23.2 Å². The molecule has 1 aliphatic rings. The predicted molar refractivity (Wildman–Crippen MR) is 113 cm³/mol. The molecule has 0 N–H and O–H groups in total. The van der Waals surface area contributed by atoms with E-state index in [9.17, 15) is 9.59 Å². The number of carbonyl (C=O) groups is 1. The lowest BCUT2D eigenvalue weighted by Gasteiger charge is -2.25. The molecule has 0 bridgehead atoms. The Labute approximate surface area is 177 Å². The van der Waals surface area contributed by atoms with Crippen LogP contribution < -0.4 is 5.43 Å². The number of amides is 1. The van der Waals surface area contributed by atoms with Gasteiger partial charge in [0.15, 0.2) is 5.43 Å². The molecule has 0 aliphatic carbocycles. The van der Waals surface area contributed by atoms with Crippen LogP contribution in [0.3, 0.4) is 0 Å². The van der Waals surface area contributed by atoms with Crippen LogP contribution in [0, 0.1) is 13.8 Å². The average Bonchev–Trinajstić information content (AvgIpc) is 2.96. The highest BCUT2D eigenvalue weighted by atomic mass is 35.5. The molecule has 1 aromatic heterocycles. The smallest absolute Gasteiger partial charge is 0.290 e. The molecular weight excluding hydrogens is 413 g/mol. The molecule has 2 aromatic carbocycles. The molecule has 2 heterocycles. The van der Waals surface area contributed by atoms with Crippen molar-refractivity contribution in [3.8, 4) is 0 Å². The first-order valence-corrected chi connectivity index (χ1v) is 9.92. The first kappa shape index (κ1) is 20.0. The summed E-state index contributed by atoms with van der Waals surface area (Å²) >= 11 is 12.3. The third-order valence-electron chi connectivity index (χ3n) is 5.38. The van der Waals surface area contributed by atoms with E-state index in [2.05, 4.69) is 0 Å². The van der Waals surface area contributed by atoms with Gasteiger partial charge in [-0.05, 0) is 54.8 Å². The van der Waals surface area contributed by atoms with Crippen molar-refractivity contribution < 1.29 is 13.9 Å². The summed E-state index contributed by atoms with van der Waals surface area (Å²) in [5.41, 5.74) is 3.18. The van der Waals surface area contributed by atoms with Crippen LogP contribution in [0.1, 0.15) is 38.9 Å². The quantitative estimate of drug-likeness (QED) is 0.588. The van der Waals surface area contributed by atoms with Crippen molar-refractivity contribution in [1.29, 1.82) is 0 Å². The normalized spacial score (nSPS) is 16.0. The lowest BCUT2D eigenvalue weighted by Crippen LogP contribution is -2.32. The van der Waals surface area contributed by atoms with Gasteiger partial charge in [-0.3, -0.25) is 9.59 Å².